The van der Waals surface area contributed by atoms with Crippen LogP contribution in [0.2, 0.25) is 0 Å². The van der Waals surface area contributed by atoms with E-state index in [0.717, 1.165) is 0 Å². The Bertz CT molecular complexity index is 844. The third-order valence-electron chi connectivity index (χ3n) is 3.48. The molecule has 0 saturated carbocycles. The molecule has 4 rings (SSSR count). The van der Waals surface area contributed by atoms with Crippen LogP contribution in [-0.2, 0) is 0 Å². The second kappa shape index (κ2) is 3.53. The van der Waals surface area contributed by atoms with Gasteiger partial charge in [0.05, 0.1) is 16.3 Å². The summed E-state index contributed by atoms with van der Waals surface area (Å²) in [5.74, 6) is 0. The highest BCUT2D eigenvalue weighted by Gasteiger charge is 2.23. The van der Waals surface area contributed by atoms with Crippen LogP contribution in [0.1, 0.15) is 4.88 Å². The molecule has 0 bridgehead atoms. The Balaban J connectivity index is 2.32. The largest absolute Gasteiger partial charge is 0.221 e. The highest BCUT2D eigenvalue weighted by Crippen LogP contribution is 2.39. The maximum absolute atomic E-state index is 3.57. The lowest BCUT2D eigenvalue weighted by Gasteiger charge is -2.03. The van der Waals surface area contributed by atoms with Crippen molar-refractivity contribution in [1.29, 1.82) is 0 Å². The maximum Gasteiger partial charge on any atom is 0.221 e. The molecule has 0 aromatic heterocycles. The van der Waals surface area contributed by atoms with Gasteiger partial charge in [-0.1, -0.05) is 24.3 Å². The second-order valence-electron chi connectivity index (χ2n) is 4.57. The molecule has 0 atom stereocenters. The number of H-pyrrole nitrogens is 1. The van der Waals surface area contributed by atoms with Gasteiger partial charge in [0.1, 0.15) is 0 Å². The van der Waals surface area contributed by atoms with E-state index in [2.05, 4.69) is 60.4 Å². The molecule has 0 radical (unpaired) electrons. The molecule has 2 heteroatoms. The quantitative estimate of drug-likeness (QED) is 0.442. The monoisotopic (exact) mass is 250 g/mol. The van der Waals surface area contributed by atoms with Gasteiger partial charge in [0.15, 0.2) is 0 Å². The lowest BCUT2D eigenvalue weighted by molar-refractivity contribution is -0.325. The van der Waals surface area contributed by atoms with E-state index in [1.165, 1.54) is 37.1 Å². The number of para-hydroxylation sites is 1. The first-order valence-corrected chi connectivity index (χ1v) is 6.88. The minimum Gasteiger partial charge on any atom is -0.204 e. The van der Waals surface area contributed by atoms with Gasteiger partial charge in [0, 0.05) is 15.6 Å². The Morgan fingerprint density at radius 2 is 1.61 bits per heavy atom. The van der Waals surface area contributed by atoms with Crippen molar-refractivity contribution in [3.05, 3.63) is 53.4 Å². The molecule has 0 unspecified atom stereocenters. The van der Waals surface area contributed by atoms with E-state index in [4.69, 9.17) is 0 Å². The van der Waals surface area contributed by atoms with E-state index in [1.807, 2.05) is 11.3 Å². The van der Waals surface area contributed by atoms with E-state index in [-0.39, 0.29) is 0 Å². The highest BCUT2D eigenvalue weighted by molar-refractivity contribution is 7.19. The summed E-state index contributed by atoms with van der Waals surface area (Å²) in [5, 5.41) is 2.64. The zero-order chi connectivity index (χ0) is 12.1. The van der Waals surface area contributed by atoms with Crippen LogP contribution in [0.25, 0.3) is 32.2 Å². The fraction of sp³-hybridized carbons (Fsp3) is 0.0625. The van der Waals surface area contributed by atoms with E-state index >= 15 is 0 Å². The predicted octanol–water partition coefficient (Wildman–Crippen LogP) is 4.28. The fourth-order valence-corrected chi connectivity index (χ4v) is 3.76. The van der Waals surface area contributed by atoms with Gasteiger partial charge in [-0.05, 0) is 25.1 Å². The van der Waals surface area contributed by atoms with Crippen molar-refractivity contribution in [1.82, 2.24) is 0 Å². The molecule has 2 aliphatic rings. The Labute approximate surface area is 109 Å². The van der Waals surface area contributed by atoms with Crippen LogP contribution in [0.15, 0.2) is 48.5 Å². The molecular formula is C16H12NS+. The van der Waals surface area contributed by atoms with E-state index in [1.54, 1.807) is 0 Å². The average Bonchev–Trinajstić information content (AvgIpc) is 2.79. The van der Waals surface area contributed by atoms with Gasteiger partial charge in [-0.2, -0.15) is 0 Å². The number of rotatable bonds is 0. The van der Waals surface area contributed by atoms with Gasteiger partial charge >= 0.3 is 0 Å². The van der Waals surface area contributed by atoms with Gasteiger partial charge < -0.3 is 0 Å². The molecule has 2 aromatic carbocycles. The molecule has 0 aliphatic carbocycles. The van der Waals surface area contributed by atoms with Crippen molar-refractivity contribution in [2.24, 2.45) is 0 Å². The molecule has 1 N–H and O–H groups in total. The normalized spacial score (nSPS) is 11.6. The van der Waals surface area contributed by atoms with Gasteiger partial charge in [0.2, 0.25) is 11.2 Å². The third-order valence-corrected chi connectivity index (χ3v) is 4.56. The number of nitrogens with one attached hydrogen (secondary N) is 1. The summed E-state index contributed by atoms with van der Waals surface area (Å²) in [6.07, 6.45) is 0. The number of aromatic nitrogens is 1. The van der Waals surface area contributed by atoms with Crippen molar-refractivity contribution < 1.29 is 4.98 Å². The SMILES string of the molecule is Cc1sc2ccccc2c2[nH+]c3ccccc3c1-2. The number of benzene rings is 2. The number of aromatic amines is 1. The maximum atomic E-state index is 3.57. The van der Waals surface area contributed by atoms with Crippen LogP contribution in [0.3, 0.4) is 0 Å². The van der Waals surface area contributed by atoms with Gasteiger partial charge in [0.25, 0.3) is 0 Å². The van der Waals surface area contributed by atoms with Crippen LogP contribution in [0, 0.1) is 6.92 Å². The van der Waals surface area contributed by atoms with Crippen LogP contribution in [0.5, 0.6) is 0 Å². The van der Waals surface area contributed by atoms with Crippen molar-refractivity contribution in [2.45, 2.75) is 6.92 Å². The Morgan fingerprint density at radius 3 is 2.50 bits per heavy atom. The number of aryl methyl sites for hydroxylation is 1. The zero-order valence-corrected chi connectivity index (χ0v) is 10.8. The van der Waals surface area contributed by atoms with Crippen LogP contribution < -0.4 is 4.98 Å². The van der Waals surface area contributed by atoms with Gasteiger partial charge in [-0.3, -0.25) is 0 Å². The van der Waals surface area contributed by atoms with E-state index in [0.29, 0.717) is 0 Å². The lowest BCUT2D eigenvalue weighted by Crippen LogP contribution is -2.01. The van der Waals surface area contributed by atoms with Crippen LogP contribution in [-0.4, -0.2) is 0 Å². The molecule has 0 spiro atoms. The standard InChI is InChI=1S/C16H11NS/c1-10-15-11-6-2-4-8-13(11)17-16(15)12-7-3-5-9-14(12)18-10/h2-9H,1H3/p+1. The fourth-order valence-electron chi connectivity index (χ4n) is 2.69. The van der Waals surface area contributed by atoms with Gasteiger partial charge in [-0.15, -0.1) is 11.3 Å². The molecule has 18 heavy (non-hydrogen) atoms. The van der Waals surface area contributed by atoms with Crippen LogP contribution >= 0.6 is 11.3 Å². The summed E-state index contributed by atoms with van der Waals surface area (Å²) < 4.78 is 1.34. The first-order valence-electron chi connectivity index (χ1n) is 6.06. The molecular weight excluding hydrogens is 238 g/mol. The lowest BCUT2D eigenvalue weighted by atomic mass is 10.1. The molecule has 0 fully saturated rings. The average molecular weight is 250 g/mol. The van der Waals surface area contributed by atoms with Crippen molar-refractivity contribution in [3.8, 4) is 11.3 Å². The Kier molecular flexibility index (Phi) is 1.97. The molecule has 0 saturated heterocycles. The number of hydrogen-bond donors (Lipinski definition) is 0. The van der Waals surface area contributed by atoms with Crippen LogP contribution in [0.4, 0.5) is 0 Å². The summed E-state index contributed by atoms with van der Waals surface area (Å²) in [5.41, 5.74) is 3.86. The summed E-state index contributed by atoms with van der Waals surface area (Å²) >= 11 is 1.87. The van der Waals surface area contributed by atoms with Crippen molar-refractivity contribution in [2.75, 3.05) is 0 Å². The van der Waals surface area contributed by atoms with E-state index < -0.39 is 0 Å². The summed E-state index contributed by atoms with van der Waals surface area (Å²) in [4.78, 5) is 4.94. The number of fused-ring (bicyclic) bond motifs is 5. The third kappa shape index (κ3) is 1.24. The van der Waals surface area contributed by atoms with Crippen molar-refractivity contribution >= 4 is 32.3 Å². The Morgan fingerprint density at radius 1 is 0.889 bits per heavy atom. The highest BCUT2D eigenvalue weighted by atomic mass is 32.1. The summed E-state index contributed by atoms with van der Waals surface area (Å²) in [6, 6.07) is 17.1. The topological polar surface area (TPSA) is 14.1 Å². The molecule has 1 nitrogen and oxygen atoms in total. The Hall–Kier alpha value is -1.93. The molecule has 2 heterocycles. The molecule has 2 aliphatic heterocycles. The first kappa shape index (κ1) is 10.0. The molecule has 2 aromatic rings. The minimum absolute atomic E-state index is 1.22. The minimum atomic E-state index is 1.22. The smallest absolute Gasteiger partial charge is 0.204 e. The van der Waals surface area contributed by atoms with E-state index in [9.17, 15) is 0 Å². The number of hydrogen-bond acceptors (Lipinski definition) is 1. The van der Waals surface area contributed by atoms with Crippen molar-refractivity contribution in [3.63, 3.8) is 0 Å². The predicted molar refractivity (Wildman–Crippen MR) is 77.2 cm³/mol. The summed E-state index contributed by atoms with van der Waals surface area (Å²) in [7, 11) is 0. The molecule has 0 amide bonds. The summed E-state index contributed by atoms with van der Waals surface area (Å²) in [6.45, 7) is 2.21. The second-order valence-corrected chi connectivity index (χ2v) is 5.83. The zero-order valence-electron chi connectivity index (χ0n) is 10.0. The van der Waals surface area contributed by atoms with Gasteiger partial charge in [-0.25, -0.2) is 4.98 Å². The molecule has 86 valence electrons. The first-order chi connectivity index (χ1) is 8.84.